The van der Waals surface area contributed by atoms with E-state index in [9.17, 15) is 10.2 Å². The SMILES string of the molecule is C=CCC(CC(C)O)OC(CC=C)CC(C)O. The molecule has 0 heterocycles. The van der Waals surface area contributed by atoms with Crippen LogP contribution in [0.4, 0.5) is 0 Å². The average molecular weight is 242 g/mol. The van der Waals surface area contributed by atoms with Gasteiger partial charge in [0.1, 0.15) is 0 Å². The molecule has 3 nitrogen and oxygen atoms in total. The maximum absolute atomic E-state index is 9.39. The van der Waals surface area contributed by atoms with E-state index >= 15 is 0 Å². The summed E-state index contributed by atoms with van der Waals surface area (Å²) < 4.78 is 5.89. The minimum atomic E-state index is -0.393. The highest BCUT2D eigenvalue weighted by atomic mass is 16.5. The second-order valence-electron chi connectivity index (χ2n) is 4.60. The topological polar surface area (TPSA) is 49.7 Å². The van der Waals surface area contributed by atoms with Crippen LogP contribution in [0.5, 0.6) is 0 Å². The van der Waals surface area contributed by atoms with Crippen molar-refractivity contribution in [2.45, 2.75) is 63.9 Å². The van der Waals surface area contributed by atoms with E-state index in [0.29, 0.717) is 25.7 Å². The van der Waals surface area contributed by atoms with Gasteiger partial charge < -0.3 is 14.9 Å². The molecule has 0 fully saturated rings. The molecule has 3 heteroatoms. The lowest BCUT2D eigenvalue weighted by atomic mass is 10.1. The van der Waals surface area contributed by atoms with Gasteiger partial charge in [0.25, 0.3) is 0 Å². The number of rotatable bonds is 10. The van der Waals surface area contributed by atoms with Gasteiger partial charge in [-0.3, -0.25) is 0 Å². The molecule has 0 bridgehead atoms. The predicted molar refractivity (Wildman–Crippen MR) is 70.9 cm³/mol. The molecular formula is C14H26O3. The van der Waals surface area contributed by atoms with Crippen molar-refractivity contribution in [1.29, 1.82) is 0 Å². The largest absolute Gasteiger partial charge is 0.393 e. The molecule has 0 spiro atoms. The lowest BCUT2D eigenvalue weighted by Gasteiger charge is -2.25. The van der Waals surface area contributed by atoms with E-state index in [0.717, 1.165) is 0 Å². The third-order valence-corrected chi connectivity index (χ3v) is 2.45. The highest BCUT2D eigenvalue weighted by molar-refractivity contribution is 4.80. The lowest BCUT2D eigenvalue weighted by molar-refractivity contribution is -0.0471. The Kier molecular flexibility index (Phi) is 9.04. The van der Waals surface area contributed by atoms with Gasteiger partial charge in [-0.05, 0) is 39.5 Å². The predicted octanol–water partition coefficient (Wildman–Crippen LogP) is 2.43. The van der Waals surface area contributed by atoms with Gasteiger partial charge in [0.15, 0.2) is 0 Å². The number of aliphatic hydroxyl groups is 2. The normalized spacial score (nSPS) is 18.1. The summed E-state index contributed by atoms with van der Waals surface area (Å²) in [5, 5.41) is 18.8. The van der Waals surface area contributed by atoms with Crippen LogP contribution in [-0.4, -0.2) is 34.6 Å². The van der Waals surface area contributed by atoms with Crippen molar-refractivity contribution in [3.8, 4) is 0 Å². The standard InChI is InChI=1S/C14H26O3/c1-5-7-13(9-11(3)15)17-14(8-6-2)10-12(4)16/h5-6,11-16H,1-2,7-10H2,3-4H3. The number of hydrogen-bond acceptors (Lipinski definition) is 3. The highest BCUT2D eigenvalue weighted by Gasteiger charge is 2.18. The summed E-state index contributed by atoms with van der Waals surface area (Å²) in [4.78, 5) is 0. The van der Waals surface area contributed by atoms with Gasteiger partial charge in [-0.1, -0.05) is 12.2 Å². The molecule has 0 aliphatic carbocycles. The van der Waals surface area contributed by atoms with Gasteiger partial charge in [-0.15, -0.1) is 13.2 Å². The molecule has 4 atom stereocenters. The number of hydrogen-bond donors (Lipinski definition) is 2. The molecule has 17 heavy (non-hydrogen) atoms. The van der Waals surface area contributed by atoms with Crippen LogP contribution in [0.3, 0.4) is 0 Å². The Hall–Kier alpha value is -0.640. The zero-order chi connectivity index (χ0) is 13.3. The maximum Gasteiger partial charge on any atom is 0.0637 e. The second kappa shape index (κ2) is 9.40. The Bertz CT molecular complexity index is 190. The van der Waals surface area contributed by atoms with Crippen LogP contribution in [0, 0.1) is 0 Å². The maximum atomic E-state index is 9.39. The molecule has 0 aromatic rings. The Morgan fingerprint density at radius 1 is 0.941 bits per heavy atom. The quantitative estimate of drug-likeness (QED) is 0.578. The molecule has 2 N–H and O–H groups in total. The fourth-order valence-corrected chi connectivity index (χ4v) is 1.82. The van der Waals surface area contributed by atoms with Crippen molar-refractivity contribution in [2.75, 3.05) is 0 Å². The monoisotopic (exact) mass is 242 g/mol. The summed E-state index contributed by atoms with van der Waals surface area (Å²) in [6.07, 6.45) is 5.29. The molecule has 100 valence electrons. The van der Waals surface area contributed by atoms with Crippen molar-refractivity contribution >= 4 is 0 Å². The summed E-state index contributed by atoms with van der Waals surface area (Å²) >= 11 is 0. The Labute approximate surface area is 105 Å². The third-order valence-electron chi connectivity index (χ3n) is 2.45. The molecule has 0 saturated heterocycles. The molecule has 0 saturated carbocycles. The molecule has 0 amide bonds. The van der Waals surface area contributed by atoms with Gasteiger partial charge in [-0.2, -0.15) is 0 Å². The minimum Gasteiger partial charge on any atom is -0.393 e. The summed E-state index contributed by atoms with van der Waals surface area (Å²) in [6, 6.07) is 0. The van der Waals surface area contributed by atoms with Crippen LogP contribution in [-0.2, 0) is 4.74 Å². The molecule has 0 radical (unpaired) electrons. The van der Waals surface area contributed by atoms with Gasteiger partial charge in [-0.25, -0.2) is 0 Å². The van der Waals surface area contributed by atoms with E-state index in [1.54, 1.807) is 26.0 Å². The Morgan fingerprint density at radius 3 is 1.53 bits per heavy atom. The number of ether oxygens (including phenoxy) is 1. The molecular weight excluding hydrogens is 216 g/mol. The smallest absolute Gasteiger partial charge is 0.0637 e. The lowest BCUT2D eigenvalue weighted by Crippen LogP contribution is -2.27. The van der Waals surface area contributed by atoms with Crippen LogP contribution >= 0.6 is 0 Å². The minimum absolute atomic E-state index is 0.0452. The van der Waals surface area contributed by atoms with Gasteiger partial charge in [0, 0.05) is 0 Å². The Morgan fingerprint density at radius 2 is 1.29 bits per heavy atom. The summed E-state index contributed by atoms with van der Waals surface area (Å²) in [7, 11) is 0. The van der Waals surface area contributed by atoms with Crippen molar-refractivity contribution in [1.82, 2.24) is 0 Å². The van der Waals surface area contributed by atoms with Crippen molar-refractivity contribution in [3.63, 3.8) is 0 Å². The first kappa shape index (κ1) is 16.4. The summed E-state index contributed by atoms with van der Waals surface area (Å²) in [5.74, 6) is 0. The van der Waals surface area contributed by atoms with E-state index in [1.165, 1.54) is 0 Å². The molecule has 0 aliphatic heterocycles. The number of aliphatic hydroxyl groups excluding tert-OH is 2. The summed E-state index contributed by atoms with van der Waals surface area (Å²) in [6.45, 7) is 10.9. The summed E-state index contributed by atoms with van der Waals surface area (Å²) in [5.41, 5.74) is 0. The van der Waals surface area contributed by atoms with Crippen LogP contribution in [0.1, 0.15) is 39.5 Å². The molecule has 0 aromatic carbocycles. The van der Waals surface area contributed by atoms with Crippen molar-refractivity contribution in [2.24, 2.45) is 0 Å². The van der Waals surface area contributed by atoms with Crippen LogP contribution < -0.4 is 0 Å². The van der Waals surface area contributed by atoms with Crippen LogP contribution in [0.25, 0.3) is 0 Å². The van der Waals surface area contributed by atoms with E-state index in [4.69, 9.17) is 4.74 Å². The first-order valence-corrected chi connectivity index (χ1v) is 6.22. The second-order valence-corrected chi connectivity index (χ2v) is 4.60. The highest BCUT2D eigenvalue weighted by Crippen LogP contribution is 2.16. The zero-order valence-corrected chi connectivity index (χ0v) is 11.0. The van der Waals surface area contributed by atoms with Gasteiger partial charge in [0.05, 0.1) is 24.4 Å². The fourth-order valence-electron chi connectivity index (χ4n) is 1.82. The average Bonchev–Trinajstić information content (AvgIpc) is 2.16. The molecule has 0 aromatic heterocycles. The van der Waals surface area contributed by atoms with Crippen molar-refractivity contribution in [3.05, 3.63) is 25.3 Å². The van der Waals surface area contributed by atoms with Gasteiger partial charge in [0.2, 0.25) is 0 Å². The first-order valence-electron chi connectivity index (χ1n) is 6.22. The van der Waals surface area contributed by atoms with Crippen LogP contribution in [0.15, 0.2) is 25.3 Å². The first-order chi connectivity index (χ1) is 7.99. The van der Waals surface area contributed by atoms with Crippen LogP contribution in [0.2, 0.25) is 0 Å². The third kappa shape index (κ3) is 9.10. The molecule has 0 aliphatic rings. The molecule has 0 rings (SSSR count). The van der Waals surface area contributed by atoms with Gasteiger partial charge >= 0.3 is 0 Å². The zero-order valence-electron chi connectivity index (χ0n) is 11.0. The van der Waals surface area contributed by atoms with E-state index in [2.05, 4.69) is 13.2 Å². The van der Waals surface area contributed by atoms with Crippen molar-refractivity contribution < 1.29 is 14.9 Å². The van der Waals surface area contributed by atoms with E-state index < -0.39 is 12.2 Å². The Balaban J connectivity index is 4.31. The van der Waals surface area contributed by atoms with E-state index in [-0.39, 0.29) is 12.2 Å². The van der Waals surface area contributed by atoms with E-state index in [1.807, 2.05) is 0 Å². The fraction of sp³-hybridized carbons (Fsp3) is 0.714. The molecule has 4 unspecified atom stereocenters.